The van der Waals surface area contributed by atoms with Crippen LogP contribution in [0.25, 0.3) is 10.8 Å². The van der Waals surface area contributed by atoms with Crippen molar-refractivity contribution < 1.29 is 5.11 Å². The molecule has 86 valence electrons. The number of hydrogen-bond donors (Lipinski definition) is 1. The molecule has 0 bridgehead atoms. The summed E-state index contributed by atoms with van der Waals surface area (Å²) in [5.74, 6) is 0.383. The third-order valence-electron chi connectivity index (χ3n) is 2.77. The summed E-state index contributed by atoms with van der Waals surface area (Å²) in [6.07, 6.45) is 2.05. The van der Waals surface area contributed by atoms with Gasteiger partial charge in [-0.05, 0) is 24.0 Å². The molecule has 1 aromatic carbocycles. The van der Waals surface area contributed by atoms with E-state index in [4.69, 9.17) is 0 Å². The zero-order valence-electron chi connectivity index (χ0n) is 10.4. The van der Waals surface area contributed by atoms with Crippen molar-refractivity contribution in [3.05, 3.63) is 30.0 Å². The molecule has 16 heavy (non-hydrogen) atoms. The Kier molecular flexibility index (Phi) is 2.45. The second-order valence-corrected chi connectivity index (χ2v) is 5.68. The number of fused-ring (bicyclic) bond motifs is 1. The molecule has 1 heterocycles. The van der Waals surface area contributed by atoms with Crippen LogP contribution >= 0.6 is 0 Å². The Morgan fingerprint density at radius 2 is 1.88 bits per heavy atom. The van der Waals surface area contributed by atoms with E-state index in [1.54, 1.807) is 0 Å². The number of rotatable bonds is 1. The third-order valence-corrected chi connectivity index (χ3v) is 2.77. The molecule has 0 aliphatic rings. The molecule has 2 heteroatoms. The van der Waals surface area contributed by atoms with Crippen molar-refractivity contribution in [2.75, 3.05) is 0 Å². The molecule has 0 aliphatic carbocycles. The van der Waals surface area contributed by atoms with E-state index in [0.29, 0.717) is 5.88 Å². The van der Waals surface area contributed by atoms with Gasteiger partial charge in [0.1, 0.15) is 0 Å². The van der Waals surface area contributed by atoms with E-state index in [1.807, 2.05) is 22.9 Å². The van der Waals surface area contributed by atoms with Crippen molar-refractivity contribution in [3.8, 4) is 5.88 Å². The molecule has 2 rings (SSSR count). The SMILES string of the molecule is Cc1cccc2c(O)n(CC(C)(C)C)cc12. The number of benzene rings is 1. The topological polar surface area (TPSA) is 25.2 Å². The van der Waals surface area contributed by atoms with Gasteiger partial charge in [0, 0.05) is 23.5 Å². The zero-order valence-corrected chi connectivity index (χ0v) is 10.4. The average molecular weight is 217 g/mol. The first-order valence-electron chi connectivity index (χ1n) is 5.66. The van der Waals surface area contributed by atoms with Crippen LogP contribution in [0.15, 0.2) is 24.4 Å². The van der Waals surface area contributed by atoms with Gasteiger partial charge in [0.05, 0.1) is 0 Å². The third kappa shape index (κ3) is 1.92. The van der Waals surface area contributed by atoms with Crippen LogP contribution in [-0.2, 0) is 6.54 Å². The predicted molar refractivity (Wildman–Crippen MR) is 67.8 cm³/mol. The fourth-order valence-electron chi connectivity index (χ4n) is 2.05. The number of hydrogen-bond acceptors (Lipinski definition) is 1. The van der Waals surface area contributed by atoms with Gasteiger partial charge in [-0.25, -0.2) is 0 Å². The Hall–Kier alpha value is -1.44. The van der Waals surface area contributed by atoms with Crippen LogP contribution in [0.2, 0.25) is 0 Å². The maximum atomic E-state index is 10.1. The minimum absolute atomic E-state index is 0.167. The maximum absolute atomic E-state index is 10.1. The van der Waals surface area contributed by atoms with Gasteiger partial charge in [-0.2, -0.15) is 0 Å². The summed E-state index contributed by atoms with van der Waals surface area (Å²) in [6.45, 7) is 9.41. The number of aromatic hydroxyl groups is 1. The van der Waals surface area contributed by atoms with Crippen molar-refractivity contribution in [1.82, 2.24) is 4.57 Å². The van der Waals surface area contributed by atoms with Crippen LogP contribution in [0.5, 0.6) is 5.88 Å². The van der Waals surface area contributed by atoms with Crippen molar-refractivity contribution in [2.24, 2.45) is 5.41 Å². The largest absolute Gasteiger partial charge is 0.494 e. The van der Waals surface area contributed by atoms with Gasteiger partial charge in [-0.1, -0.05) is 32.9 Å². The lowest BCUT2D eigenvalue weighted by atomic mass is 9.97. The van der Waals surface area contributed by atoms with Crippen molar-refractivity contribution >= 4 is 10.8 Å². The Labute approximate surface area is 96.5 Å². The molecule has 0 spiro atoms. The van der Waals surface area contributed by atoms with Crippen LogP contribution in [0.4, 0.5) is 0 Å². The summed E-state index contributed by atoms with van der Waals surface area (Å²) in [6, 6.07) is 6.03. The predicted octanol–water partition coefficient (Wildman–Crippen LogP) is 3.70. The highest BCUT2D eigenvalue weighted by Crippen LogP contribution is 2.31. The molecule has 0 aliphatic heterocycles. The Morgan fingerprint density at radius 3 is 2.44 bits per heavy atom. The van der Waals surface area contributed by atoms with Gasteiger partial charge in [0.2, 0.25) is 0 Å². The molecule has 0 fully saturated rings. The Bertz CT molecular complexity index is 517. The first-order valence-corrected chi connectivity index (χ1v) is 5.66. The van der Waals surface area contributed by atoms with Crippen molar-refractivity contribution in [3.63, 3.8) is 0 Å². The average Bonchev–Trinajstić information content (AvgIpc) is 2.44. The molecule has 0 saturated carbocycles. The number of aromatic nitrogens is 1. The van der Waals surface area contributed by atoms with Crippen LogP contribution in [0.3, 0.4) is 0 Å². The maximum Gasteiger partial charge on any atom is 0.199 e. The van der Waals surface area contributed by atoms with E-state index in [9.17, 15) is 5.11 Å². The second kappa shape index (κ2) is 3.55. The van der Waals surface area contributed by atoms with Gasteiger partial charge in [0.15, 0.2) is 5.88 Å². The fourth-order valence-corrected chi connectivity index (χ4v) is 2.05. The van der Waals surface area contributed by atoms with E-state index >= 15 is 0 Å². The standard InChI is InChI=1S/C14H19NO/c1-10-6-5-7-11-12(10)8-15(13(11)16)9-14(2,3)4/h5-8,16H,9H2,1-4H3. The quantitative estimate of drug-likeness (QED) is 0.774. The van der Waals surface area contributed by atoms with E-state index in [1.165, 1.54) is 5.56 Å². The van der Waals surface area contributed by atoms with Crippen molar-refractivity contribution in [2.45, 2.75) is 34.2 Å². The van der Waals surface area contributed by atoms with Gasteiger partial charge in [-0.15, -0.1) is 0 Å². The Balaban J connectivity index is 2.56. The van der Waals surface area contributed by atoms with Crippen LogP contribution in [0, 0.1) is 12.3 Å². The summed E-state index contributed by atoms with van der Waals surface area (Å²) in [5.41, 5.74) is 1.38. The van der Waals surface area contributed by atoms with Gasteiger partial charge < -0.3 is 9.67 Å². The molecule has 2 nitrogen and oxygen atoms in total. The lowest BCUT2D eigenvalue weighted by molar-refractivity contribution is 0.314. The van der Waals surface area contributed by atoms with E-state index < -0.39 is 0 Å². The number of nitrogens with zero attached hydrogens (tertiary/aromatic N) is 1. The highest BCUT2D eigenvalue weighted by atomic mass is 16.3. The van der Waals surface area contributed by atoms with E-state index in [0.717, 1.165) is 17.3 Å². The fraction of sp³-hybridized carbons (Fsp3) is 0.429. The van der Waals surface area contributed by atoms with Crippen molar-refractivity contribution in [1.29, 1.82) is 0 Å². The smallest absolute Gasteiger partial charge is 0.199 e. The first kappa shape index (κ1) is 11.1. The lowest BCUT2D eigenvalue weighted by Gasteiger charge is -2.19. The monoisotopic (exact) mass is 217 g/mol. The highest BCUT2D eigenvalue weighted by Gasteiger charge is 2.15. The van der Waals surface area contributed by atoms with Crippen LogP contribution < -0.4 is 0 Å². The molecule has 2 aromatic rings. The minimum Gasteiger partial charge on any atom is -0.494 e. The zero-order chi connectivity index (χ0) is 11.9. The molecule has 0 amide bonds. The van der Waals surface area contributed by atoms with E-state index in [2.05, 4.69) is 33.8 Å². The van der Waals surface area contributed by atoms with Crippen LogP contribution in [0.1, 0.15) is 26.3 Å². The molecule has 0 atom stereocenters. The van der Waals surface area contributed by atoms with Gasteiger partial charge in [0.25, 0.3) is 0 Å². The lowest BCUT2D eigenvalue weighted by Crippen LogP contribution is -2.14. The summed E-state index contributed by atoms with van der Waals surface area (Å²) >= 11 is 0. The van der Waals surface area contributed by atoms with Gasteiger partial charge in [-0.3, -0.25) is 0 Å². The molecule has 0 radical (unpaired) electrons. The summed E-state index contributed by atoms with van der Waals surface area (Å²) in [5, 5.41) is 12.2. The molecule has 1 N–H and O–H groups in total. The molecular formula is C14H19NO. The summed E-state index contributed by atoms with van der Waals surface area (Å²) < 4.78 is 1.94. The molecular weight excluding hydrogens is 198 g/mol. The van der Waals surface area contributed by atoms with Gasteiger partial charge >= 0.3 is 0 Å². The minimum atomic E-state index is 0.167. The normalized spacial score (nSPS) is 12.2. The molecule has 0 unspecified atom stereocenters. The number of aryl methyl sites for hydroxylation is 1. The highest BCUT2D eigenvalue weighted by molar-refractivity contribution is 5.90. The van der Waals surface area contributed by atoms with E-state index in [-0.39, 0.29) is 5.41 Å². The Morgan fingerprint density at radius 1 is 1.19 bits per heavy atom. The summed E-state index contributed by atoms with van der Waals surface area (Å²) in [7, 11) is 0. The second-order valence-electron chi connectivity index (χ2n) is 5.68. The summed E-state index contributed by atoms with van der Waals surface area (Å²) in [4.78, 5) is 0. The molecule has 0 saturated heterocycles. The molecule has 1 aromatic heterocycles. The van der Waals surface area contributed by atoms with Crippen LogP contribution in [-0.4, -0.2) is 9.67 Å². The first-order chi connectivity index (χ1) is 7.38.